The van der Waals surface area contributed by atoms with Gasteiger partial charge in [0.05, 0.1) is 0 Å². The van der Waals surface area contributed by atoms with Crippen LogP contribution in [0, 0.1) is 0 Å². The SMILES string of the molecule is CCCCCCCCCCCCCCCCCCC(CP(c1ccccc1)c1ccccc1)P(c1ccccc1)c1ccccc1. The zero-order chi connectivity index (χ0) is 31.9. The molecule has 0 radical (unpaired) electrons. The first-order valence-corrected chi connectivity index (χ1v) is 21.6. The van der Waals surface area contributed by atoms with Crippen LogP contribution in [0.5, 0.6) is 0 Å². The van der Waals surface area contributed by atoms with Gasteiger partial charge < -0.3 is 0 Å². The van der Waals surface area contributed by atoms with Crippen molar-refractivity contribution in [1.82, 2.24) is 0 Å². The lowest BCUT2D eigenvalue weighted by atomic mass is 10.0. The molecule has 0 fully saturated rings. The predicted molar refractivity (Wildman–Crippen MR) is 211 cm³/mol. The highest BCUT2D eigenvalue weighted by Crippen LogP contribution is 2.48. The minimum Gasteiger partial charge on any atom is -0.0654 e. The highest BCUT2D eigenvalue weighted by atomic mass is 31.1. The molecular formula is C44H60P2. The Hall–Kier alpha value is -2.26. The van der Waals surface area contributed by atoms with Crippen LogP contribution in [0.3, 0.4) is 0 Å². The molecule has 1 unspecified atom stereocenters. The maximum absolute atomic E-state index is 2.40. The van der Waals surface area contributed by atoms with Crippen molar-refractivity contribution in [1.29, 1.82) is 0 Å². The lowest BCUT2D eigenvalue weighted by Crippen LogP contribution is -2.27. The first-order valence-electron chi connectivity index (χ1n) is 18.6. The smallest absolute Gasteiger partial charge is 0.00835 e. The molecule has 4 aromatic rings. The molecule has 0 heterocycles. The molecule has 0 amide bonds. The van der Waals surface area contributed by atoms with Crippen molar-refractivity contribution >= 4 is 37.1 Å². The van der Waals surface area contributed by atoms with Crippen LogP contribution in [0.2, 0.25) is 0 Å². The van der Waals surface area contributed by atoms with Gasteiger partial charge in [-0.25, -0.2) is 0 Å². The summed E-state index contributed by atoms with van der Waals surface area (Å²) in [6.45, 7) is 2.31. The third-order valence-corrected chi connectivity index (χ3v) is 15.2. The molecular weight excluding hydrogens is 590 g/mol. The Bertz CT molecular complexity index is 1180. The molecule has 246 valence electrons. The van der Waals surface area contributed by atoms with Gasteiger partial charge in [-0.1, -0.05) is 231 Å². The third-order valence-electron chi connectivity index (χ3n) is 9.35. The monoisotopic (exact) mass is 650 g/mol. The van der Waals surface area contributed by atoms with Gasteiger partial charge in [-0.3, -0.25) is 0 Å². The zero-order valence-corrected chi connectivity index (χ0v) is 30.5. The van der Waals surface area contributed by atoms with Crippen molar-refractivity contribution < 1.29 is 0 Å². The molecule has 0 bridgehead atoms. The fourth-order valence-corrected chi connectivity index (χ4v) is 12.9. The van der Waals surface area contributed by atoms with Gasteiger partial charge in [0, 0.05) is 0 Å². The molecule has 0 saturated carbocycles. The highest BCUT2D eigenvalue weighted by Gasteiger charge is 2.28. The van der Waals surface area contributed by atoms with Gasteiger partial charge in [0.1, 0.15) is 0 Å². The second kappa shape index (κ2) is 23.1. The predicted octanol–water partition coefficient (Wildman–Crippen LogP) is 12.3. The molecule has 4 aromatic carbocycles. The fraction of sp³-hybridized carbons (Fsp3) is 0.455. The van der Waals surface area contributed by atoms with Gasteiger partial charge in [0.2, 0.25) is 0 Å². The molecule has 0 aromatic heterocycles. The lowest BCUT2D eigenvalue weighted by Gasteiger charge is -2.32. The van der Waals surface area contributed by atoms with Crippen molar-refractivity contribution in [3.63, 3.8) is 0 Å². The summed E-state index contributed by atoms with van der Waals surface area (Å²) in [7, 11) is -0.887. The molecule has 0 N–H and O–H groups in total. The Morgan fingerprint density at radius 2 is 0.674 bits per heavy atom. The fourth-order valence-electron chi connectivity index (χ4n) is 6.76. The van der Waals surface area contributed by atoms with Crippen LogP contribution in [0.25, 0.3) is 0 Å². The second-order valence-electron chi connectivity index (χ2n) is 13.1. The van der Waals surface area contributed by atoms with Crippen molar-refractivity contribution in [2.45, 2.75) is 122 Å². The van der Waals surface area contributed by atoms with Crippen LogP contribution in [0.4, 0.5) is 0 Å². The van der Waals surface area contributed by atoms with Crippen LogP contribution in [0.1, 0.15) is 116 Å². The molecule has 4 rings (SSSR count). The molecule has 46 heavy (non-hydrogen) atoms. The molecule has 0 aliphatic carbocycles. The minimum atomic E-state index is -0.455. The van der Waals surface area contributed by atoms with Crippen LogP contribution in [0.15, 0.2) is 121 Å². The Kier molecular flexibility index (Phi) is 18.4. The van der Waals surface area contributed by atoms with Crippen molar-refractivity contribution in [3.8, 4) is 0 Å². The molecule has 0 aliphatic heterocycles. The Labute approximate surface area is 285 Å². The number of rotatable bonds is 24. The first kappa shape index (κ1) is 36.6. The summed E-state index contributed by atoms with van der Waals surface area (Å²) in [5, 5.41) is 6.08. The van der Waals surface area contributed by atoms with E-state index in [1.807, 2.05) is 0 Å². The van der Waals surface area contributed by atoms with Crippen LogP contribution < -0.4 is 21.2 Å². The Morgan fingerprint density at radius 1 is 0.370 bits per heavy atom. The Morgan fingerprint density at radius 3 is 1.02 bits per heavy atom. The van der Waals surface area contributed by atoms with Crippen LogP contribution in [-0.4, -0.2) is 11.8 Å². The molecule has 2 heteroatoms. The molecule has 0 spiro atoms. The van der Waals surface area contributed by atoms with E-state index in [9.17, 15) is 0 Å². The van der Waals surface area contributed by atoms with E-state index in [1.54, 1.807) is 0 Å². The van der Waals surface area contributed by atoms with E-state index in [2.05, 4.69) is 128 Å². The Balaban J connectivity index is 1.32. The number of hydrogen-bond donors (Lipinski definition) is 0. The summed E-state index contributed by atoms with van der Waals surface area (Å²) in [6.07, 6.45) is 25.3. The van der Waals surface area contributed by atoms with Gasteiger partial charge in [-0.2, -0.15) is 0 Å². The second-order valence-corrected chi connectivity index (χ2v) is 17.8. The average Bonchev–Trinajstić information content (AvgIpc) is 3.12. The molecule has 0 aliphatic rings. The van der Waals surface area contributed by atoms with E-state index < -0.39 is 15.8 Å². The topological polar surface area (TPSA) is 0 Å². The maximum Gasteiger partial charge on any atom is -0.00835 e. The molecule has 0 nitrogen and oxygen atoms in total. The van der Waals surface area contributed by atoms with Gasteiger partial charge >= 0.3 is 0 Å². The van der Waals surface area contributed by atoms with E-state index in [0.29, 0.717) is 5.66 Å². The summed E-state index contributed by atoms with van der Waals surface area (Å²) >= 11 is 0. The van der Waals surface area contributed by atoms with Crippen molar-refractivity contribution in [2.24, 2.45) is 0 Å². The summed E-state index contributed by atoms with van der Waals surface area (Å²) in [4.78, 5) is 0. The van der Waals surface area contributed by atoms with E-state index in [4.69, 9.17) is 0 Å². The lowest BCUT2D eigenvalue weighted by molar-refractivity contribution is 0.527. The standard InChI is InChI=1S/C44H60P2/c1-2-3-4-5-6-7-8-9-10-11-12-13-14-15-16-21-38-44(46(42-34-26-19-27-35-42)43-36-28-20-29-37-43)39-45(40-30-22-17-23-31-40)41-32-24-18-25-33-41/h17-20,22-37,44H,2-16,21,38-39H2,1H3. The summed E-state index contributed by atoms with van der Waals surface area (Å²) in [5.74, 6) is 0. The number of hydrogen-bond acceptors (Lipinski definition) is 0. The van der Waals surface area contributed by atoms with Crippen LogP contribution >= 0.6 is 15.8 Å². The summed E-state index contributed by atoms with van der Waals surface area (Å²) in [5.41, 5.74) is 0.651. The third kappa shape index (κ3) is 13.5. The van der Waals surface area contributed by atoms with E-state index in [-0.39, 0.29) is 0 Å². The quantitative estimate of drug-likeness (QED) is 0.0523. The van der Waals surface area contributed by atoms with E-state index >= 15 is 0 Å². The van der Waals surface area contributed by atoms with E-state index in [1.165, 1.54) is 137 Å². The number of benzene rings is 4. The highest BCUT2D eigenvalue weighted by molar-refractivity contribution is 7.77. The molecule has 1 atom stereocenters. The minimum absolute atomic E-state index is 0.432. The summed E-state index contributed by atoms with van der Waals surface area (Å²) < 4.78 is 0. The normalized spacial score (nSPS) is 12.2. The number of unbranched alkanes of at least 4 members (excludes halogenated alkanes) is 15. The van der Waals surface area contributed by atoms with Crippen molar-refractivity contribution in [2.75, 3.05) is 6.16 Å². The first-order chi connectivity index (χ1) is 22.9. The van der Waals surface area contributed by atoms with Gasteiger partial charge in [-0.05, 0) is 55.3 Å². The summed E-state index contributed by atoms with van der Waals surface area (Å²) in [6, 6.07) is 45.7. The van der Waals surface area contributed by atoms with Crippen molar-refractivity contribution in [3.05, 3.63) is 121 Å². The van der Waals surface area contributed by atoms with Crippen LogP contribution in [-0.2, 0) is 0 Å². The van der Waals surface area contributed by atoms with E-state index in [0.717, 1.165) is 0 Å². The maximum atomic E-state index is 2.40. The van der Waals surface area contributed by atoms with Gasteiger partial charge in [0.25, 0.3) is 0 Å². The van der Waals surface area contributed by atoms with Gasteiger partial charge in [0.15, 0.2) is 0 Å². The van der Waals surface area contributed by atoms with Gasteiger partial charge in [-0.15, -0.1) is 0 Å². The largest absolute Gasteiger partial charge is 0.0654 e. The average molecular weight is 651 g/mol. The zero-order valence-electron chi connectivity index (χ0n) is 28.7. The molecule has 0 saturated heterocycles.